The Kier molecular flexibility index (Phi) is 5.55. The molecule has 0 spiro atoms. The SMILES string of the molecule is CCc1nn(CCCS(C)(=O)=O)c(CC)c1C(C)O. The lowest BCUT2D eigenvalue weighted by Crippen LogP contribution is -2.11. The molecule has 6 heteroatoms. The van der Waals surface area contributed by atoms with Crippen LogP contribution in [0.3, 0.4) is 0 Å². The predicted molar refractivity (Wildman–Crippen MR) is 75.9 cm³/mol. The van der Waals surface area contributed by atoms with E-state index >= 15 is 0 Å². The number of aromatic nitrogens is 2. The van der Waals surface area contributed by atoms with Crippen LogP contribution < -0.4 is 0 Å². The molecule has 0 bridgehead atoms. The van der Waals surface area contributed by atoms with E-state index in [1.54, 1.807) is 6.92 Å². The molecule has 0 aliphatic heterocycles. The molecule has 1 aromatic rings. The highest BCUT2D eigenvalue weighted by atomic mass is 32.2. The Morgan fingerprint density at radius 3 is 2.37 bits per heavy atom. The van der Waals surface area contributed by atoms with E-state index in [9.17, 15) is 13.5 Å². The van der Waals surface area contributed by atoms with Crippen molar-refractivity contribution in [2.24, 2.45) is 0 Å². The van der Waals surface area contributed by atoms with Gasteiger partial charge in [0.05, 0.1) is 17.6 Å². The fourth-order valence-electron chi connectivity index (χ4n) is 2.34. The van der Waals surface area contributed by atoms with Gasteiger partial charge in [-0.15, -0.1) is 0 Å². The van der Waals surface area contributed by atoms with Gasteiger partial charge in [0.2, 0.25) is 0 Å². The van der Waals surface area contributed by atoms with Gasteiger partial charge >= 0.3 is 0 Å². The number of aliphatic hydroxyl groups excluding tert-OH is 1. The van der Waals surface area contributed by atoms with Gasteiger partial charge in [-0.3, -0.25) is 4.68 Å². The third kappa shape index (κ3) is 4.31. The van der Waals surface area contributed by atoms with Crippen molar-refractivity contribution in [3.05, 3.63) is 17.0 Å². The largest absolute Gasteiger partial charge is 0.389 e. The highest BCUT2D eigenvalue weighted by Crippen LogP contribution is 2.23. The third-order valence-electron chi connectivity index (χ3n) is 3.15. The van der Waals surface area contributed by atoms with E-state index in [1.165, 1.54) is 6.26 Å². The van der Waals surface area contributed by atoms with E-state index in [1.807, 2.05) is 18.5 Å². The maximum atomic E-state index is 11.1. The van der Waals surface area contributed by atoms with Crippen molar-refractivity contribution >= 4 is 9.84 Å². The fraction of sp³-hybridized carbons (Fsp3) is 0.769. The number of nitrogens with zero attached hydrogens (tertiary/aromatic N) is 2. The molecule has 1 aromatic heterocycles. The van der Waals surface area contributed by atoms with Crippen molar-refractivity contribution in [1.82, 2.24) is 9.78 Å². The van der Waals surface area contributed by atoms with Gasteiger partial charge in [0, 0.05) is 24.1 Å². The zero-order valence-corrected chi connectivity index (χ0v) is 13.0. The van der Waals surface area contributed by atoms with Crippen LogP contribution in [0.4, 0.5) is 0 Å². The van der Waals surface area contributed by atoms with E-state index in [2.05, 4.69) is 5.10 Å². The molecule has 1 unspecified atom stereocenters. The van der Waals surface area contributed by atoms with Gasteiger partial charge in [-0.25, -0.2) is 8.42 Å². The van der Waals surface area contributed by atoms with Gasteiger partial charge < -0.3 is 5.11 Å². The minimum atomic E-state index is -2.93. The molecule has 0 aromatic carbocycles. The molecule has 1 N–H and O–H groups in total. The number of hydrogen-bond donors (Lipinski definition) is 1. The monoisotopic (exact) mass is 288 g/mol. The van der Waals surface area contributed by atoms with Crippen LogP contribution in [0.1, 0.15) is 50.2 Å². The topological polar surface area (TPSA) is 72.2 Å². The number of aliphatic hydroxyl groups is 1. The van der Waals surface area contributed by atoms with Crippen molar-refractivity contribution < 1.29 is 13.5 Å². The standard InChI is InChI=1S/C13H24N2O3S/c1-5-11-13(10(3)16)12(6-2)15(14-11)8-7-9-19(4,17)18/h10,16H,5-9H2,1-4H3. The molecule has 0 fully saturated rings. The summed E-state index contributed by atoms with van der Waals surface area (Å²) in [6.45, 7) is 6.36. The van der Waals surface area contributed by atoms with Crippen molar-refractivity contribution in [1.29, 1.82) is 0 Å². The molecule has 5 nitrogen and oxygen atoms in total. The third-order valence-corrected chi connectivity index (χ3v) is 4.18. The second-order valence-electron chi connectivity index (χ2n) is 4.90. The quantitative estimate of drug-likeness (QED) is 0.825. The van der Waals surface area contributed by atoms with E-state index in [4.69, 9.17) is 0 Å². The molecular weight excluding hydrogens is 264 g/mol. The van der Waals surface area contributed by atoms with Gasteiger partial charge in [0.25, 0.3) is 0 Å². The average Bonchev–Trinajstić information content (AvgIpc) is 2.65. The van der Waals surface area contributed by atoms with Crippen molar-refractivity contribution in [3.8, 4) is 0 Å². The zero-order valence-electron chi connectivity index (χ0n) is 12.2. The number of aryl methyl sites for hydroxylation is 2. The zero-order chi connectivity index (χ0) is 14.6. The lowest BCUT2D eigenvalue weighted by Gasteiger charge is -2.09. The number of sulfone groups is 1. The first-order valence-corrected chi connectivity index (χ1v) is 8.80. The Morgan fingerprint density at radius 1 is 1.32 bits per heavy atom. The Bertz CT molecular complexity index is 518. The van der Waals surface area contributed by atoms with E-state index in [0.717, 1.165) is 29.8 Å². The first kappa shape index (κ1) is 16.2. The maximum absolute atomic E-state index is 11.1. The molecule has 19 heavy (non-hydrogen) atoms. The lowest BCUT2D eigenvalue weighted by molar-refractivity contribution is 0.197. The second kappa shape index (κ2) is 6.52. The first-order chi connectivity index (χ1) is 8.80. The number of rotatable bonds is 7. The average molecular weight is 288 g/mol. The lowest BCUT2D eigenvalue weighted by atomic mass is 10.0. The summed E-state index contributed by atoms with van der Waals surface area (Å²) < 4.78 is 24.1. The molecule has 0 amide bonds. The van der Waals surface area contributed by atoms with Crippen LogP contribution in [-0.2, 0) is 29.2 Å². The summed E-state index contributed by atoms with van der Waals surface area (Å²) in [7, 11) is -2.93. The molecule has 0 saturated carbocycles. The smallest absolute Gasteiger partial charge is 0.147 e. The Balaban J connectivity index is 2.95. The van der Waals surface area contributed by atoms with Crippen LogP contribution in [0.2, 0.25) is 0 Å². The Hall–Kier alpha value is -0.880. The Labute approximate surface area is 115 Å². The van der Waals surface area contributed by atoms with Crippen LogP contribution in [0.5, 0.6) is 0 Å². The van der Waals surface area contributed by atoms with Gasteiger partial charge in [0.1, 0.15) is 9.84 Å². The summed E-state index contributed by atoms with van der Waals surface area (Å²) in [5, 5.41) is 14.4. The molecule has 110 valence electrons. The van der Waals surface area contributed by atoms with Crippen molar-refractivity contribution in [3.63, 3.8) is 0 Å². The summed E-state index contributed by atoms with van der Waals surface area (Å²) >= 11 is 0. The van der Waals surface area contributed by atoms with Gasteiger partial charge in [-0.1, -0.05) is 13.8 Å². The molecule has 1 heterocycles. The van der Waals surface area contributed by atoms with Gasteiger partial charge in [-0.05, 0) is 26.2 Å². The number of hydrogen-bond acceptors (Lipinski definition) is 4. The van der Waals surface area contributed by atoms with Crippen LogP contribution in [0.25, 0.3) is 0 Å². The molecule has 1 rings (SSSR count). The first-order valence-electron chi connectivity index (χ1n) is 6.74. The van der Waals surface area contributed by atoms with Crippen LogP contribution in [0, 0.1) is 0 Å². The van der Waals surface area contributed by atoms with E-state index in [-0.39, 0.29) is 5.75 Å². The van der Waals surface area contributed by atoms with Crippen LogP contribution in [0.15, 0.2) is 0 Å². The predicted octanol–water partition coefficient (Wildman–Crippen LogP) is 1.50. The van der Waals surface area contributed by atoms with Crippen LogP contribution >= 0.6 is 0 Å². The van der Waals surface area contributed by atoms with E-state index < -0.39 is 15.9 Å². The summed E-state index contributed by atoms with van der Waals surface area (Å²) in [6.07, 6.45) is 2.82. The van der Waals surface area contributed by atoms with E-state index in [0.29, 0.717) is 13.0 Å². The highest BCUT2D eigenvalue weighted by Gasteiger charge is 2.19. The molecule has 0 aliphatic carbocycles. The molecule has 0 saturated heterocycles. The fourth-order valence-corrected chi connectivity index (χ4v) is 3.00. The molecule has 0 aliphatic rings. The molecule has 1 atom stereocenters. The van der Waals surface area contributed by atoms with Gasteiger partial charge in [0.15, 0.2) is 0 Å². The normalized spacial score (nSPS) is 13.7. The minimum Gasteiger partial charge on any atom is -0.389 e. The summed E-state index contributed by atoms with van der Waals surface area (Å²) in [6, 6.07) is 0. The van der Waals surface area contributed by atoms with Gasteiger partial charge in [-0.2, -0.15) is 5.10 Å². The minimum absolute atomic E-state index is 0.168. The van der Waals surface area contributed by atoms with Crippen molar-refractivity contribution in [2.45, 2.75) is 52.7 Å². The summed E-state index contributed by atoms with van der Waals surface area (Å²) in [4.78, 5) is 0. The summed E-state index contributed by atoms with van der Waals surface area (Å²) in [5.74, 6) is 0.168. The van der Waals surface area contributed by atoms with Crippen LogP contribution in [-0.4, -0.2) is 35.3 Å². The molecule has 0 radical (unpaired) electrons. The second-order valence-corrected chi connectivity index (χ2v) is 7.16. The Morgan fingerprint density at radius 2 is 1.95 bits per heavy atom. The van der Waals surface area contributed by atoms with Crippen molar-refractivity contribution in [2.75, 3.05) is 12.0 Å². The maximum Gasteiger partial charge on any atom is 0.147 e. The summed E-state index contributed by atoms with van der Waals surface area (Å²) in [5.41, 5.74) is 2.83. The highest BCUT2D eigenvalue weighted by molar-refractivity contribution is 7.90. The molecular formula is C13H24N2O3S.